The molecule has 0 atom stereocenters. The zero-order chi connectivity index (χ0) is 70.7. The summed E-state index contributed by atoms with van der Waals surface area (Å²) in [5.74, 6) is 6.11. The molecule has 0 radical (unpaired) electrons. The number of aromatic nitrogens is 12. The number of nitrogens with zero attached hydrogens (tertiary/aromatic N) is 24. The maximum atomic E-state index is 5.79. The first-order chi connectivity index (χ1) is 49.8. The predicted octanol–water partition coefficient (Wildman–Crippen LogP) is 11.6. The summed E-state index contributed by atoms with van der Waals surface area (Å²) in [6.45, 7) is 0. The maximum Gasteiger partial charge on any atom is 0.203 e. The van der Waals surface area contributed by atoms with Crippen LogP contribution >= 0.6 is 0 Å². The number of hydrogen-bond acceptors (Lipinski definition) is 27. The van der Waals surface area contributed by atoms with Crippen LogP contribution in [0.2, 0.25) is 0 Å². The van der Waals surface area contributed by atoms with E-state index in [4.69, 9.17) is 84.5 Å². The van der Waals surface area contributed by atoms with Crippen molar-refractivity contribution in [1.29, 1.82) is 0 Å². The van der Waals surface area contributed by atoms with Crippen LogP contribution in [0.3, 0.4) is 0 Å². The molecule has 0 aliphatic rings. The van der Waals surface area contributed by atoms with Crippen LogP contribution in [0.5, 0.6) is 17.2 Å². The van der Waals surface area contributed by atoms with Gasteiger partial charge >= 0.3 is 0 Å². The van der Waals surface area contributed by atoms with Crippen LogP contribution in [0.15, 0.2) is 243 Å². The van der Waals surface area contributed by atoms with E-state index >= 15 is 0 Å². The van der Waals surface area contributed by atoms with Crippen LogP contribution in [0.1, 0.15) is 34.2 Å². The van der Waals surface area contributed by atoms with Gasteiger partial charge in [-0.15, -0.1) is 0 Å². The fourth-order valence-electron chi connectivity index (χ4n) is 9.84. The third kappa shape index (κ3) is 17.2. The van der Waals surface area contributed by atoms with E-state index in [1.807, 2.05) is 172 Å². The summed E-state index contributed by atoms with van der Waals surface area (Å²) in [5, 5.41) is 38.6. The van der Waals surface area contributed by atoms with Gasteiger partial charge in [0.2, 0.25) is 5.75 Å². The molecule has 0 aliphatic heterocycles. The normalized spacial score (nSPS) is 11.5. The van der Waals surface area contributed by atoms with Crippen LogP contribution in [-0.4, -0.2) is 161 Å². The van der Waals surface area contributed by atoms with Gasteiger partial charge in [-0.3, -0.25) is 40.0 Å². The minimum atomic E-state index is 0.281. The summed E-state index contributed by atoms with van der Waals surface area (Å²) >= 11 is 0. The number of hydrogen-bond donors (Lipinski definition) is 0. The summed E-state index contributed by atoms with van der Waals surface area (Å²) in [5.41, 5.74) is 7.01. The number of ether oxygens (including phenoxy) is 3. The lowest BCUT2D eigenvalue weighted by atomic mass is 10.1. The van der Waals surface area contributed by atoms with E-state index in [9.17, 15) is 0 Å². The van der Waals surface area contributed by atoms with Gasteiger partial charge in [-0.1, -0.05) is 133 Å². The minimum Gasteiger partial charge on any atom is -0.493 e. The van der Waals surface area contributed by atoms with E-state index in [1.54, 1.807) is 165 Å². The van der Waals surface area contributed by atoms with Gasteiger partial charge in [-0.2, -0.15) is 30.6 Å². The Balaban J connectivity index is 0.856. The van der Waals surface area contributed by atoms with Crippen molar-refractivity contribution in [2.75, 3.05) is 93.7 Å². The third-order valence-electron chi connectivity index (χ3n) is 15.2. The molecule has 27 heteroatoms. The average molecular weight is 1350 g/mol. The second-order valence-electron chi connectivity index (χ2n) is 22.3. The molecule has 7 aromatic heterocycles. The van der Waals surface area contributed by atoms with Crippen molar-refractivity contribution in [3.8, 4) is 74.2 Å². The number of rotatable bonds is 26. The van der Waals surface area contributed by atoms with Gasteiger partial charge < -0.3 is 14.2 Å². The average Bonchev–Trinajstić information content (AvgIpc) is 0.807. The van der Waals surface area contributed by atoms with Crippen molar-refractivity contribution in [1.82, 2.24) is 59.8 Å². The lowest BCUT2D eigenvalue weighted by molar-refractivity contribution is 0.324. The van der Waals surface area contributed by atoms with Crippen LogP contribution < -0.4 is 44.3 Å². The van der Waals surface area contributed by atoms with Gasteiger partial charge in [-0.05, 0) is 48.5 Å². The lowest BCUT2D eigenvalue weighted by Gasteiger charge is -2.19. The number of anilines is 6. The monoisotopic (exact) mass is 1350 g/mol. The highest BCUT2D eigenvalue weighted by Gasteiger charge is 2.21. The Bertz CT molecular complexity index is 4720. The van der Waals surface area contributed by atoms with Gasteiger partial charge in [0.15, 0.2) is 75.5 Å². The molecule has 12 rings (SSSR count). The Labute approximate surface area is 588 Å². The molecule has 0 bridgehead atoms. The van der Waals surface area contributed by atoms with Gasteiger partial charge in [0.05, 0.1) is 92.8 Å². The van der Waals surface area contributed by atoms with Gasteiger partial charge in [0, 0.05) is 101 Å². The smallest absolute Gasteiger partial charge is 0.203 e. The maximum absolute atomic E-state index is 5.79. The summed E-state index contributed by atoms with van der Waals surface area (Å²) in [4.78, 5) is 58.2. The Morgan fingerprint density at radius 1 is 0.255 bits per heavy atom. The molecule has 0 N–H and O–H groups in total. The first-order valence-corrected chi connectivity index (χ1v) is 31.8. The molecule has 0 amide bonds. The molecule has 0 aliphatic carbocycles. The van der Waals surface area contributed by atoms with E-state index in [2.05, 4.69) is 20.2 Å². The fourth-order valence-corrected chi connectivity index (χ4v) is 9.84. The molecule has 0 unspecified atom stereocenters. The molecule has 506 valence electrons. The van der Waals surface area contributed by atoms with Gasteiger partial charge in [0.1, 0.15) is 0 Å². The summed E-state index contributed by atoms with van der Waals surface area (Å²) in [7, 11) is 15.4. The highest BCUT2D eigenvalue weighted by molar-refractivity contribution is 5.87. The van der Waals surface area contributed by atoms with Crippen molar-refractivity contribution in [3.63, 3.8) is 0 Å². The first kappa shape index (κ1) is 68.0. The van der Waals surface area contributed by atoms with Crippen LogP contribution in [0.4, 0.5) is 34.9 Å². The number of benzene rings is 5. The standard InChI is InChI=1S/C75H68N24O3/c1-94(78-45-56-34-22-24-36-76-56)64-42-66(90-73(88-64)53-30-18-12-19-31-53)96(3)80-47-58-40-60(86-71(84-58)51-26-14-10-15-27-51)49-82-98(5)68-44-69(93-75(92-68)55-38-62(100-7)70(102-9)63(39-55)101-8)99(6)83-50-61-41-59(85-72(87-61)52-28-16-11-17-29-52)48-81-97(4)67-43-65(89-74(91-67)54-32-20-13-21-33-54)95(2)79-46-57-35-23-25-37-77-57/h10-50H,1-9H3/b78-45+,79-46+,80-47+,81-48+,82-49+,83-50+. The third-order valence-corrected chi connectivity index (χ3v) is 15.2. The van der Waals surface area contributed by atoms with Crippen molar-refractivity contribution in [3.05, 3.63) is 247 Å². The number of hydrazone groups is 6. The van der Waals surface area contributed by atoms with Crippen LogP contribution in [0.25, 0.3) is 56.9 Å². The Hall–Kier alpha value is -14.0. The SMILES string of the molecule is COc1cc(-c2nc(N(C)/N=C/c3cc(/C=N/N(C)c4cc(N(C)/N=C/c5ccccn5)nc(-c5ccccc5)n4)nc(-c4ccccc4)n3)cc(N(C)/N=C/c3cc(/C=N/N(C)c4cc(N(C)/N=C/c5ccccn5)nc(-c5ccccc5)n4)nc(-c4ccccc4)n3)n2)cc(OC)c1OC. The van der Waals surface area contributed by atoms with E-state index in [1.165, 1.54) is 7.11 Å². The topological polar surface area (TPSA) is 276 Å². The van der Waals surface area contributed by atoms with E-state index in [-0.39, 0.29) is 5.82 Å². The van der Waals surface area contributed by atoms with Gasteiger partial charge in [-0.25, -0.2) is 49.8 Å². The second-order valence-corrected chi connectivity index (χ2v) is 22.3. The molecule has 5 aromatic carbocycles. The van der Waals surface area contributed by atoms with Crippen LogP contribution in [-0.2, 0) is 0 Å². The van der Waals surface area contributed by atoms with Crippen molar-refractivity contribution < 1.29 is 14.2 Å². The molecule has 12 aromatic rings. The Kier molecular flexibility index (Phi) is 21.6. The molecule has 0 saturated carbocycles. The van der Waals surface area contributed by atoms with Crippen molar-refractivity contribution in [2.45, 2.75) is 0 Å². The van der Waals surface area contributed by atoms with E-state index in [0.29, 0.717) is 115 Å². The van der Waals surface area contributed by atoms with Crippen molar-refractivity contribution in [2.24, 2.45) is 30.6 Å². The zero-order valence-electron chi connectivity index (χ0n) is 57.1. The predicted molar refractivity (Wildman–Crippen MR) is 401 cm³/mol. The van der Waals surface area contributed by atoms with E-state index in [0.717, 1.165) is 22.3 Å². The largest absolute Gasteiger partial charge is 0.493 e. The molecule has 0 saturated heterocycles. The first-order valence-electron chi connectivity index (χ1n) is 31.8. The Morgan fingerprint density at radius 2 is 0.500 bits per heavy atom. The molecule has 0 fully saturated rings. The lowest BCUT2D eigenvalue weighted by Crippen LogP contribution is -2.17. The van der Waals surface area contributed by atoms with Crippen LogP contribution in [0, 0.1) is 0 Å². The number of pyridine rings is 2. The highest BCUT2D eigenvalue weighted by Crippen LogP contribution is 2.41. The Morgan fingerprint density at radius 3 is 0.745 bits per heavy atom. The quantitative estimate of drug-likeness (QED) is 0.0360. The van der Waals surface area contributed by atoms with Crippen molar-refractivity contribution >= 4 is 72.2 Å². The molecule has 27 nitrogen and oxygen atoms in total. The summed E-state index contributed by atoms with van der Waals surface area (Å²) < 4.78 is 17.3. The number of methoxy groups -OCH3 is 3. The molecule has 102 heavy (non-hydrogen) atoms. The molecular weight excluding hydrogens is 1280 g/mol. The molecule has 7 heterocycles. The summed E-state index contributed by atoms with van der Waals surface area (Å²) in [6.07, 6.45) is 13.3. The molecule has 0 spiro atoms. The van der Waals surface area contributed by atoms with E-state index < -0.39 is 0 Å². The summed E-state index contributed by atoms with van der Waals surface area (Å²) in [6, 6.07) is 62.4. The molecular formula is C75H68N24O3. The zero-order valence-corrected chi connectivity index (χ0v) is 57.1. The second kappa shape index (κ2) is 32.4. The fraction of sp³-hybridized carbons (Fsp3) is 0.120. The highest BCUT2D eigenvalue weighted by atomic mass is 16.5. The van der Waals surface area contributed by atoms with Gasteiger partial charge in [0.25, 0.3) is 0 Å². The minimum absolute atomic E-state index is 0.281.